The third kappa shape index (κ3) is 3.43. The van der Waals surface area contributed by atoms with Gasteiger partial charge < -0.3 is 4.74 Å². The smallest absolute Gasteiger partial charge is 0.165 e. The van der Waals surface area contributed by atoms with Gasteiger partial charge in [-0.15, -0.1) is 21.5 Å². The van der Waals surface area contributed by atoms with Crippen LogP contribution in [0.15, 0.2) is 59.0 Å². The van der Waals surface area contributed by atoms with Gasteiger partial charge in [0.2, 0.25) is 0 Å². The first kappa shape index (κ1) is 19.9. The second kappa shape index (κ2) is 7.59. The normalized spacial score (nSPS) is 17.5. The van der Waals surface area contributed by atoms with Gasteiger partial charge in [0.1, 0.15) is 17.1 Å². The van der Waals surface area contributed by atoms with Crippen molar-refractivity contribution in [2.75, 3.05) is 7.11 Å². The average Bonchev–Trinajstić information content (AvgIpc) is 3.40. The fourth-order valence-electron chi connectivity index (χ4n) is 3.96. The standard InChI is InChI=1S/C23H20ClN5OS/c1-14-27-28-22-23(2,13-20-25-10-11-31-20)26-21(15-4-6-16(24)7-5-15)18-12-17(30-3)8-9-19(18)29(14)22/h4-12H,13H2,1-3H3. The number of aliphatic imine (C=N–C) groups is 1. The second-order valence-electron chi connectivity index (χ2n) is 7.63. The minimum atomic E-state index is -0.666. The number of methoxy groups -OCH3 is 1. The van der Waals surface area contributed by atoms with Gasteiger partial charge >= 0.3 is 0 Å². The molecular weight excluding hydrogens is 430 g/mol. The monoisotopic (exact) mass is 449 g/mol. The van der Waals surface area contributed by atoms with E-state index in [0.717, 1.165) is 44.9 Å². The number of rotatable bonds is 4. The molecule has 0 aliphatic carbocycles. The summed E-state index contributed by atoms with van der Waals surface area (Å²) in [6.45, 7) is 4.05. The molecule has 0 N–H and O–H groups in total. The fraction of sp³-hybridized carbons (Fsp3) is 0.217. The highest BCUT2D eigenvalue weighted by Gasteiger charge is 2.38. The Hall–Kier alpha value is -3.03. The number of aryl methyl sites for hydroxylation is 1. The molecule has 1 aliphatic heterocycles. The van der Waals surface area contributed by atoms with Crippen LogP contribution in [0, 0.1) is 6.92 Å². The molecule has 1 aliphatic rings. The fourth-order valence-corrected chi connectivity index (χ4v) is 4.86. The summed E-state index contributed by atoms with van der Waals surface area (Å²) in [6, 6.07) is 13.8. The van der Waals surface area contributed by atoms with Crippen molar-refractivity contribution in [1.29, 1.82) is 0 Å². The lowest BCUT2D eigenvalue weighted by atomic mass is 9.96. The van der Waals surface area contributed by atoms with Crippen LogP contribution in [0.25, 0.3) is 5.69 Å². The van der Waals surface area contributed by atoms with E-state index in [0.29, 0.717) is 11.4 Å². The van der Waals surface area contributed by atoms with Crippen LogP contribution in [0.4, 0.5) is 0 Å². The first-order valence-corrected chi connectivity index (χ1v) is 11.1. The molecule has 156 valence electrons. The van der Waals surface area contributed by atoms with Crippen LogP contribution in [0.3, 0.4) is 0 Å². The maximum absolute atomic E-state index is 6.17. The van der Waals surface area contributed by atoms with Gasteiger partial charge in [-0.1, -0.05) is 23.7 Å². The minimum Gasteiger partial charge on any atom is -0.497 e. The molecule has 1 atom stereocenters. The summed E-state index contributed by atoms with van der Waals surface area (Å²) in [7, 11) is 1.67. The number of nitrogens with zero attached hydrogens (tertiary/aromatic N) is 5. The summed E-state index contributed by atoms with van der Waals surface area (Å²) < 4.78 is 7.63. The molecule has 0 saturated carbocycles. The van der Waals surface area contributed by atoms with Crippen molar-refractivity contribution in [2.45, 2.75) is 25.8 Å². The third-order valence-electron chi connectivity index (χ3n) is 5.46. The van der Waals surface area contributed by atoms with Gasteiger partial charge in [-0.3, -0.25) is 9.56 Å². The average molecular weight is 450 g/mol. The van der Waals surface area contributed by atoms with E-state index in [1.54, 1.807) is 18.4 Å². The predicted molar refractivity (Wildman–Crippen MR) is 123 cm³/mol. The van der Waals surface area contributed by atoms with Crippen molar-refractivity contribution in [3.63, 3.8) is 0 Å². The summed E-state index contributed by atoms with van der Waals surface area (Å²) in [6.07, 6.45) is 2.44. The van der Waals surface area contributed by atoms with Crippen LogP contribution in [0.2, 0.25) is 5.02 Å². The van der Waals surface area contributed by atoms with Gasteiger partial charge in [-0.25, -0.2) is 4.98 Å². The molecule has 2 aromatic heterocycles. The Morgan fingerprint density at radius 3 is 2.65 bits per heavy atom. The van der Waals surface area contributed by atoms with Crippen LogP contribution in [-0.2, 0) is 12.0 Å². The van der Waals surface area contributed by atoms with Crippen molar-refractivity contribution in [2.24, 2.45) is 4.99 Å². The van der Waals surface area contributed by atoms with Crippen molar-refractivity contribution in [3.8, 4) is 11.4 Å². The lowest BCUT2D eigenvalue weighted by molar-refractivity contribution is 0.414. The van der Waals surface area contributed by atoms with Crippen molar-refractivity contribution in [3.05, 3.63) is 86.8 Å². The molecular formula is C23H20ClN5OS. The van der Waals surface area contributed by atoms with Crippen LogP contribution in [-0.4, -0.2) is 32.6 Å². The van der Waals surface area contributed by atoms with E-state index < -0.39 is 5.54 Å². The van der Waals surface area contributed by atoms with Crippen LogP contribution >= 0.6 is 22.9 Å². The van der Waals surface area contributed by atoms with E-state index >= 15 is 0 Å². The number of halogens is 1. The van der Waals surface area contributed by atoms with Gasteiger partial charge in [0.15, 0.2) is 5.82 Å². The lowest BCUT2D eigenvalue weighted by Gasteiger charge is -2.23. The molecule has 0 radical (unpaired) electrons. The number of thiazole rings is 1. The molecule has 0 saturated heterocycles. The molecule has 0 amide bonds. The van der Waals surface area contributed by atoms with Gasteiger partial charge in [0, 0.05) is 34.1 Å². The molecule has 8 heteroatoms. The van der Waals surface area contributed by atoms with Gasteiger partial charge in [-0.2, -0.15) is 0 Å². The zero-order valence-corrected chi connectivity index (χ0v) is 18.9. The van der Waals surface area contributed by atoms with Crippen LogP contribution in [0.5, 0.6) is 5.75 Å². The van der Waals surface area contributed by atoms with Crippen LogP contribution in [0.1, 0.15) is 34.7 Å². The summed E-state index contributed by atoms with van der Waals surface area (Å²) in [4.78, 5) is 9.82. The second-order valence-corrected chi connectivity index (χ2v) is 9.05. The number of hydrogen-bond donors (Lipinski definition) is 0. The molecule has 6 nitrogen and oxygen atoms in total. The Morgan fingerprint density at radius 2 is 1.94 bits per heavy atom. The molecule has 2 aromatic carbocycles. The highest BCUT2D eigenvalue weighted by Crippen LogP contribution is 2.38. The number of benzene rings is 2. The molecule has 31 heavy (non-hydrogen) atoms. The lowest BCUT2D eigenvalue weighted by Crippen LogP contribution is -2.27. The molecule has 0 fully saturated rings. The molecule has 4 aromatic rings. The Bertz CT molecular complexity index is 1280. The van der Waals surface area contributed by atoms with Gasteiger partial charge in [0.05, 0.1) is 23.5 Å². The highest BCUT2D eigenvalue weighted by atomic mass is 35.5. The summed E-state index contributed by atoms with van der Waals surface area (Å²) in [5.74, 6) is 2.35. The summed E-state index contributed by atoms with van der Waals surface area (Å²) in [5.41, 5.74) is 3.08. The van der Waals surface area contributed by atoms with Crippen molar-refractivity contribution >= 4 is 28.6 Å². The largest absolute Gasteiger partial charge is 0.497 e. The summed E-state index contributed by atoms with van der Waals surface area (Å²) >= 11 is 7.79. The molecule has 0 bridgehead atoms. The quantitative estimate of drug-likeness (QED) is 0.439. The molecule has 1 unspecified atom stereocenters. The third-order valence-corrected chi connectivity index (χ3v) is 6.49. The van der Waals surface area contributed by atoms with E-state index in [1.165, 1.54) is 0 Å². The number of hydrogen-bond acceptors (Lipinski definition) is 6. The van der Waals surface area contributed by atoms with Crippen molar-refractivity contribution in [1.82, 2.24) is 19.7 Å². The van der Waals surface area contributed by atoms with Gasteiger partial charge in [-0.05, 0) is 44.2 Å². The number of fused-ring (bicyclic) bond motifs is 3. The topological polar surface area (TPSA) is 65.2 Å². The number of ether oxygens (including phenoxy) is 1. The Balaban J connectivity index is 1.82. The van der Waals surface area contributed by atoms with E-state index in [2.05, 4.69) is 26.7 Å². The maximum atomic E-state index is 6.17. The molecule has 3 heterocycles. The van der Waals surface area contributed by atoms with Gasteiger partial charge in [0.25, 0.3) is 0 Å². The first-order chi connectivity index (χ1) is 15.0. The highest BCUT2D eigenvalue weighted by molar-refractivity contribution is 7.09. The SMILES string of the molecule is COc1ccc2c(c1)C(c1ccc(Cl)cc1)=NC(C)(Cc1nccs1)c1nnc(C)n1-2. The Labute approximate surface area is 189 Å². The van der Waals surface area contributed by atoms with Crippen molar-refractivity contribution < 1.29 is 4.74 Å². The van der Waals surface area contributed by atoms with E-state index in [9.17, 15) is 0 Å². The van der Waals surface area contributed by atoms with E-state index in [-0.39, 0.29) is 0 Å². The molecule has 5 rings (SSSR count). The predicted octanol–water partition coefficient (Wildman–Crippen LogP) is 5.00. The minimum absolute atomic E-state index is 0.616. The van der Waals surface area contributed by atoms with E-state index in [1.807, 2.05) is 61.0 Å². The zero-order chi connectivity index (χ0) is 21.6. The van der Waals surface area contributed by atoms with E-state index in [4.69, 9.17) is 21.3 Å². The van der Waals surface area contributed by atoms with Crippen LogP contribution < -0.4 is 4.74 Å². The summed E-state index contributed by atoms with van der Waals surface area (Å²) in [5, 5.41) is 12.6. The molecule has 0 spiro atoms. The Kier molecular flexibility index (Phi) is 4.87. The Morgan fingerprint density at radius 1 is 1.13 bits per heavy atom. The number of aromatic nitrogens is 4. The zero-order valence-electron chi connectivity index (χ0n) is 17.3. The maximum Gasteiger partial charge on any atom is 0.165 e. The first-order valence-electron chi connectivity index (χ1n) is 9.84.